The van der Waals surface area contributed by atoms with Crippen molar-refractivity contribution < 1.29 is 23.7 Å². The second-order valence-corrected chi connectivity index (χ2v) is 8.67. The van der Waals surface area contributed by atoms with Crippen LogP contribution in [0.5, 0.6) is 5.75 Å². The molecule has 5 nitrogen and oxygen atoms in total. The van der Waals surface area contributed by atoms with Crippen molar-refractivity contribution >= 4 is 39.1 Å². The molecule has 1 saturated heterocycles. The summed E-state index contributed by atoms with van der Waals surface area (Å²) in [7, 11) is 0. The Morgan fingerprint density at radius 3 is 2.73 bits per heavy atom. The summed E-state index contributed by atoms with van der Waals surface area (Å²) in [4.78, 5) is 2.05. The van der Waals surface area contributed by atoms with Crippen molar-refractivity contribution in [2.45, 2.75) is 12.2 Å². The number of hydrogen-bond donors (Lipinski definition) is 1. The van der Waals surface area contributed by atoms with E-state index in [9.17, 15) is 9.50 Å². The molecular formula is C21H23BrCl2FNO4. The van der Waals surface area contributed by atoms with Crippen LogP contribution in [0, 0.1) is 5.82 Å². The van der Waals surface area contributed by atoms with E-state index in [0.29, 0.717) is 50.0 Å². The van der Waals surface area contributed by atoms with E-state index >= 15 is 0 Å². The Morgan fingerprint density at radius 1 is 1.20 bits per heavy atom. The van der Waals surface area contributed by atoms with Crippen LogP contribution in [-0.4, -0.2) is 62.2 Å². The van der Waals surface area contributed by atoms with Crippen molar-refractivity contribution in [2.75, 3.05) is 46.1 Å². The third-order valence-electron chi connectivity index (χ3n) is 4.63. The maximum absolute atomic E-state index is 13.8. The zero-order valence-electron chi connectivity index (χ0n) is 16.2. The molecule has 2 aromatic carbocycles. The van der Waals surface area contributed by atoms with Gasteiger partial charge in [0.25, 0.3) is 0 Å². The van der Waals surface area contributed by atoms with Crippen molar-refractivity contribution in [1.29, 1.82) is 0 Å². The summed E-state index contributed by atoms with van der Waals surface area (Å²) in [5, 5.41) is 10.6. The number of morpholine rings is 1. The van der Waals surface area contributed by atoms with Crippen molar-refractivity contribution in [2.24, 2.45) is 0 Å². The Balaban J connectivity index is 1.39. The fraction of sp³-hybridized carbons (Fsp3) is 0.429. The number of aliphatic hydroxyl groups is 1. The van der Waals surface area contributed by atoms with Gasteiger partial charge in [0, 0.05) is 34.7 Å². The normalized spacial score (nSPS) is 18.4. The molecule has 1 aliphatic heterocycles. The van der Waals surface area contributed by atoms with Crippen LogP contribution in [0.4, 0.5) is 4.39 Å². The van der Waals surface area contributed by atoms with Crippen LogP contribution in [-0.2, 0) is 9.47 Å². The number of ether oxygens (including phenoxy) is 3. The molecule has 0 aromatic heterocycles. The van der Waals surface area contributed by atoms with E-state index in [-0.39, 0.29) is 17.7 Å². The minimum Gasteiger partial charge on any atom is -0.491 e. The molecule has 164 valence electrons. The first-order chi connectivity index (χ1) is 14.4. The zero-order valence-corrected chi connectivity index (χ0v) is 19.3. The Bertz CT molecular complexity index is 827. The second-order valence-electron chi connectivity index (χ2n) is 6.94. The molecule has 30 heavy (non-hydrogen) atoms. The van der Waals surface area contributed by atoms with Gasteiger partial charge in [0.2, 0.25) is 0 Å². The van der Waals surface area contributed by atoms with Crippen LogP contribution in [0.1, 0.15) is 11.7 Å². The van der Waals surface area contributed by atoms with Gasteiger partial charge in [-0.15, -0.1) is 0 Å². The van der Waals surface area contributed by atoms with E-state index in [1.54, 1.807) is 0 Å². The predicted molar refractivity (Wildman–Crippen MR) is 118 cm³/mol. The summed E-state index contributed by atoms with van der Waals surface area (Å²) in [6.45, 7) is 2.99. The number of nitrogens with zero attached hydrogens (tertiary/aromatic N) is 1. The smallest absolute Gasteiger partial charge is 0.142 e. The SMILES string of the molecule is OC(COCCOc1ccc(Br)cc1)CN1CCOC(c2cc(F)c(Cl)cc2Cl)C1. The lowest BCUT2D eigenvalue weighted by Crippen LogP contribution is -2.43. The highest BCUT2D eigenvalue weighted by atomic mass is 79.9. The van der Waals surface area contributed by atoms with Gasteiger partial charge in [0.05, 0.1) is 37.1 Å². The number of rotatable bonds is 9. The van der Waals surface area contributed by atoms with E-state index in [0.717, 1.165) is 10.2 Å². The van der Waals surface area contributed by atoms with E-state index in [2.05, 4.69) is 15.9 Å². The lowest BCUT2D eigenvalue weighted by atomic mass is 10.1. The van der Waals surface area contributed by atoms with Gasteiger partial charge < -0.3 is 19.3 Å². The van der Waals surface area contributed by atoms with Gasteiger partial charge in [0.1, 0.15) is 18.2 Å². The lowest BCUT2D eigenvalue weighted by Gasteiger charge is -2.34. The molecule has 1 N–H and O–H groups in total. The largest absolute Gasteiger partial charge is 0.491 e. The Hall–Kier alpha value is -0.930. The molecule has 0 saturated carbocycles. The first-order valence-electron chi connectivity index (χ1n) is 9.55. The predicted octanol–water partition coefficient (Wildman–Crippen LogP) is 4.72. The standard InChI is InChI=1S/C21H23BrCl2FNO4/c22-14-1-3-16(4-2-14)29-8-7-28-13-15(27)11-26-5-6-30-21(12-26)17-9-20(25)19(24)10-18(17)23/h1-4,9-10,15,21,27H,5-8,11-13H2. The topological polar surface area (TPSA) is 51.2 Å². The van der Waals surface area contributed by atoms with Crippen LogP contribution in [0.2, 0.25) is 10.0 Å². The maximum Gasteiger partial charge on any atom is 0.142 e. The minimum absolute atomic E-state index is 0.0203. The van der Waals surface area contributed by atoms with Gasteiger partial charge in [-0.2, -0.15) is 0 Å². The van der Waals surface area contributed by atoms with Crippen molar-refractivity contribution in [1.82, 2.24) is 4.90 Å². The fourth-order valence-corrected chi connectivity index (χ4v) is 3.93. The molecular weight excluding hydrogens is 500 g/mol. The molecule has 0 radical (unpaired) electrons. The highest BCUT2D eigenvalue weighted by Crippen LogP contribution is 2.32. The summed E-state index contributed by atoms with van der Waals surface area (Å²) in [5.41, 5.74) is 0.555. The highest BCUT2D eigenvalue weighted by Gasteiger charge is 2.26. The average Bonchev–Trinajstić information content (AvgIpc) is 2.72. The van der Waals surface area contributed by atoms with E-state index in [1.807, 2.05) is 29.2 Å². The highest BCUT2D eigenvalue weighted by molar-refractivity contribution is 9.10. The number of halogens is 4. The van der Waals surface area contributed by atoms with E-state index in [4.69, 9.17) is 37.4 Å². The number of benzene rings is 2. The molecule has 2 unspecified atom stereocenters. The van der Waals surface area contributed by atoms with Crippen LogP contribution >= 0.6 is 39.1 Å². The molecule has 0 bridgehead atoms. The second kappa shape index (κ2) is 11.6. The van der Waals surface area contributed by atoms with Crippen LogP contribution in [0.25, 0.3) is 0 Å². The number of hydrogen-bond acceptors (Lipinski definition) is 5. The monoisotopic (exact) mass is 521 g/mol. The summed E-state index contributed by atoms with van der Waals surface area (Å²) in [6.07, 6.45) is -1.04. The number of β-amino-alcohol motifs (C(OH)–C–C–N with tert-alkyl or cyclic N) is 1. The molecule has 0 aliphatic carbocycles. The average molecular weight is 523 g/mol. The molecule has 1 aliphatic rings. The van der Waals surface area contributed by atoms with E-state index < -0.39 is 11.9 Å². The quantitative estimate of drug-likeness (QED) is 0.381. The maximum atomic E-state index is 13.8. The third-order valence-corrected chi connectivity index (χ3v) is 5.77. The van der Waals surface area contributed by atoms with Crippen LogP contribution < -0.4 is 4.74 Å². The molecule has 1 heterocycles. The van der Waals surface area contributed by atoms with Crippen molar-refractivity contribution in [3.63, 3.8) is 0 Å². The first-order valence-corrected chi connectivity index (χ1v) is 11.1. The summed E-state index contributed by atoms with van der Waals surface area (Å²) >= 11 is 15.3. The van der Waals surface area contributed by atoms with Crippen LogP contribution in [0.15, 0.2) is 40.9 Å². The Morgan fingerprint density at radius 2 is 1.97 bits per heavy atom. The van der Waals surface area contributed by atoms with Crippen molar-refractivity contribution in [3.8, 4) is 5.75 Å². The molecule has 3 rings (SSSR count). The first kappa shape index (κ1) is 23.7. The Labute approximate surface area is 193 Å². The number of aliphatic hydroxyl groups excluding tert-OH is 1. The summed E-state index contributed by atoms with van der Waals surface area (Å²) in [6, 6.07) is 10.2. The minimum atomic E-state index is -0.658. The van der Waals surface area contributed by atoms with E-state index in [1.165, 1.54) is 12.1 Å². The molecule has 2 atom stereocenters. The van der Waals surface area contributed by atoms with Crippen molar-refractivity contribution in [3.05, 3.63) is 62.3 Å². The van der Waals surface area contributed by atoms with Gasteiger partial charge in [-0.05, 0) is 36.4 Å². The van der Waals surface area contributed by atoms with Gasteiger partial charge in [-0.1, -0.05) is 39.1 Å². The van der Waals surface area contributed by atoms with Gasteiger partial charge in [-0.25, -0.2) is 4.39 Å². The zero-order chi connectivity index (χ0) is 21.5. The van der Waals surface area contributed by atoms with Gasteiger partial charge in [-0.3, -0.25) is 4.90 Å². The molecule has 0 spiro atoms. The Kier molecular flexibility index (Phi) is 9.19. The summed E-state index contributed by atoms with van der Waals surface area (Å²) in [5.74, 6) is 0.231. The summed E-state index contributed by atoms with van der Waals surface area (Å²) < 4.78 is 31.6. The van der Waals surface area contributed by atoms with Gasteiger partial charge in [0.15, 0.2) is 0 Å². The lowest BCUT2D eigenvalue weighted by molar-refractivity contribution is -0.0535. The van der Waals surface area contributed by atoms with Crippen LogP contribution in [0.3, 0.4) is 0 Å². The fourth-order valence-electron chi connectivity index (χ4n) is 3.16. The van der Waals surface area contributed by atoms with Gasteiger partial charge >= 0.3 is 0 Å². The molecule has 2 aromatic rings. The molecule has 0 amide bonds. The molecule has 1 fully saturated rings. The molecule has 9 heteroatoms. The third kappa shape index (κ3) is 7.05.